The standard InChI is InChI=1S/C17H18Cl2FN/c1-3-8-21-17(12-5-7-15(18)16(19)9-12)14-10-13(20)6-4-11(14)2/h4-7,9-10,17,21H,3,8H2,1-2H3. The van der Waals surface area contributed by atoms with Crippen LogP contribution < -0.4 is 5.32 Å². The average Bonchev–Trinajstić information content (AvgIpc) is 2.46. The average molecular weight is 326 g/mol. The molecular formula is C17H18Cl2FN. The van der Waals surface area contributed by atoms with Crippen LogP contribution in [0.15, 0.2) is 36.4 Å². The summed E-state index contributed by atoms with van der Waals surface area (Å²) in [6.45, 7) is 4.91. The summed E-state index contributed by atoms with van der Waals surface area (Å²) in [4.78, 5) is 0. The largest absolute Gasteiger partial charge is 0.306 e. The van der Waals surface area contributed by atoms with E-state index in [2.05, 4.69) is 12.2 Å². The summed E-state index contributed by atoms with van der Waals surface area (Å²) in [5, 5.41) is 4.47. The van der Waals surface area contributed by atoms with Gasteiger partial charge in [-0.3, -0.25) is 0 Å². The molecule has 0 spiro atoms. The Bertz CT molecular complexity index is 628. The van der Waals surface area contributed by atoms with Crippen LogP contribution in [0.25, 0.3) is 0 Å². The highest BCUT2D eigenvalue weighted by Crippen LogP contribution is 2.30. The molecule has 0 radical (unpaired) electrons. The predicted octanol–water partition coefficient (Wildman–Crippen LogP) is 5.53. The van der Waals surface area contributed by atoms with Gasteiger partial charge in [0.2, 0.25) is 0 Å². The second-order valence-electron chi connectivity index (χ2n) is 5.06. The van der Waals surface area contributed by atoms with E-state index in [0.717, 1.165) is 29.7 Å². The molecule has 2 aromatic rings. The molecule has 0 saturated carbocycles. The molecule has 1 atom stereocenters. The Hall–Kier alpha value is -1.09. The summed E-state index contributed by atoms with van der Waals surface area (Å²) in [5.41, 5.74) is 2.93. The van der Waals surface area contributed by atoms with Crippen LogP contribution in [0.1, 0.15) is 36.1 Å². The second kappa shape index (κ2) is 7.26. The van der Waals surface area contributed by atoms with Crippen molar-refractivity contribution >= 4 is 23.2 Å². The van der Waals surface area contributed by atoms with Crippen molar-refractivity contribution in [1.82, 2.24) is 5.32 Å². The fourth-order valence-electron chi connectivity index (χ4n) is 2.31. The van der Waals surface area contributed by atoms with Crippen molar-refractivity contribution in [2.45, 2.75) is 26.3 Å². The minimum Gasteiger partial charge on any atom is -0.306 e. The third-order valence-electron chi connectivity index (χ3n) is 3.43. The topological polar surface area (TPSA) is 12.0 Å². The van der Waals surface area contributed by atoms with Crippen molar-refractivity contribution in [3.05, 3.63) is 69.0 Å². The molecule has 2 aromatic carbocycles. The van der Waals surface area contributed by atoms with Gasteiger partial charge < -0.3 is 5.32 Å². The summed E-state index contributed by atoms with van der Waals surface area (Å²) in [6, 6.07) is 10.3. The van der Waals surface area contributed by atoms with Crippen molar-refractivity contribution in [3.8, 4) is 0 Å². The predicted molar refractivity (Wildman–Crippen MR) is 87.7 cm³/mol. The van der Waals surface area contributed by atoms with Crippen molar-refractivity contribution in [2.24, 2.45) is 0 Å². The quantitative estimate of drug-likeness (QED) is 0.762. The second-order valence-corrected chi connectivity index (χ2v) is 5.88. The van der Waals surface area contributed by atoms with E-state index in [1.807, 2.05) is 19.1 Å². The van der Waals surface area contributed by atoms with Crippen LogP contribution in [0, 0.1) is 12.7 Å². The summed E-state index contributed by atoms with van der Waals surface area (Å²) in [5.74, 6) is -0.237. The van der Waals surface area contributed by atoms with Gasteiger partial charge in [0.05, 0.1) is 16.1 Å². The first-order chi connectivity index (χ1) is 10.0. The smallest absolute Gasteiger partial charge is 0.123 e. The van der Waals surface area contributed by atoms with Gasteiger partial charge in [-0.2, -0.15) is 0 Å². The van der Waals surface area contributed by atoms with Gasteiger partial charge in [0.1, 0.15) is 5.82 Å². The SMILES string of the molecule is CCCNC(c1ccc(Cl)c(Cl)c1)c1cc(F)ccc1C. The summed E-state index contributed by atoms with van der Waals surface area (Å²) in [6.07, 6.45) is 0.992. The van der Waals surface area contributed by atoms with E-state index in [9.17, 15) is 4.39 Å². The molecule has 4 heteroatoms. The minimum atomic E-state index is -0.237. The lowest BCUT2D eigenvalue weighted by Crippen LogP contribution is -2.24. The molecule has 0 bridgehead atoms. The van der Waals surface area contributed by atoms with E-state index in [0.29, 0.717) is 10.0 Å². The van der Waals surface area contributed by atoms with Gasteiger partial charge in [-0.05, 0) is 60.8 Å². The maximum absolute atomic E-state index is 13.6. The van der Waals surface area contributed by atoms with Gasteiger partial charge in [0, 0.05) is 0 Å². The summed E-state index contributed by atoms with van der Waals surface area (Å²) < 4.78 is 13.6. The van der Waals surface area contributed by atoms with Crippen molar-refractivity contribution in [1.29, 1.82) is 0 Å². The lowest BCUT2D eigenvalue weighted by Gasteiger charge is -2.22. The molecular weight excluding hydrogens is 308 g/mol. The number of rotatable bonds is 5. The van der Waals surface area contributed by atoms with Crippen LogP contribution in [0.2, 0.25) is 10.0 Å². The third-order valence-corrected chi connectivity index (χ3v) is 4.17. The van der Waals surface area contributed by atoms with Crippen LogP contribution in [0.4, 0.5) is 4.39 Å². The third kappa shape index (κ3) is 3.97. The number of benzene rings is 2. The van der Waals surface area contributed by atoms with Gasteiger partial charge in [-0.25, -0.2) is 4.39 Å². The Labute approximate surface area is 135 Å². The lowest BCUT2D eigenvalue weighted by molar-refractivity contribution is 0.583. The first kappa shape index (κ1) is 16.3. The first-order valence-electron chi connectivity index (χ1n) is 6.97. The van der Waals surface area contributed by atoms with E-state index in [-0.39, 0.29) is 11.9 Å². The molecule has 0 saturated heterocycles. The Balaban J connectivity index is 2.46. The Morgan fingerprint density at radius 3 is 2.52 bits per heavy atom. The van der Waals surface area contributed by atoms with Crippen molar-refractivity contribution in [3.63, 3.8) is 0 Å². The maximum Gasteiger partial charge on any atom is 0.123 e. The normalized spacial score (nSPS) is 12.4. The fraction of sp³-hybridized carbons (Fsp3) is 0.294. The molecule has 21 heavy (non-hydrogen) atoms. The van der Waals surface area contributed by atoms with Gasteiger partial charge >= 0.3 is 0 Å². The number of hydrogen-bond donors (Lipinski definition) is 1. The summed E-state index contributed by atoms with van der Waals surface area (Å²) >= 11 is 12.1. The number of halogens is 3. The minimum absolute atomic E-state index is 0.101. The van der Waals surface area contributed by atoms with Crippen LogP contribution in [0.3, 0.4) is 0 Å². The maximum atomic E-state index is 13.6. The van der Waals surface area contributed by atoms with E-state index >= 15 is 0 Å². The van der Waals surface area contributed by atoms with Crippen LogP contribution in [-0.4, -0.2) is 6.54 Å². The van der Waals surface area contributed by atoms with Crippen LogP contribution >= 0.6 is 23.2 Å². The van der Waals surface area contributed by atoms with Gasteiger partial charge in [-0.15, -0.1) is 0 Å². The van der Waals surface area contributed by atoms with E-state index in [4.69, 9.17) is 23.2 Å². The van der Waals surface area contributed by atoms with E-state index < -0.39 is 0 Å². The van der Waals surface area contributed by atoms with Crippen molar-refractivity contribution < 1.29 is 4.39 Å². The zero-order valence-electron chi connectivity index (χ0n) is 12.1. The highest BCUT2D eigenvalue weighted by atomic mass is 35.5. The number of hydrogen-bond acceptors (Lipinski definition) is 1. The summed E-state index contributed by atoms with van der Waals surface area (Å²) in [7, 11) is 0. The van der Waals surface area contributed by atoms with Gasteiger partial charge in [0.15, 0.2) is 0 Å². The molecule has 0 aliphatic rings. The molecule has 0 aliphatic carbocycles. The van der Waals surface area contributed by atoms with Crippen LogP contribution in [-0.2, 0) is 0 Å². The number of aryl methyl sites for hydroxylation is 1. The molecule has 1 unspecified atom stereocenters. The Morgan fingerprint density at radius 1 is 1.10 bits per heavy atom. The molecule has 0 fully saturated rings. The molecule has 1 nitrogen and oxygen atoms in total. The van der Waals surface area contributed by atoms with Gasteiger partial charge in [0.25, 0.3) is 0 Å². The zero-order chi connectivity index (χ0) is 15.4. The molecule has 0 aliphatic heterocycles. The van der Waals surface area contributed by atoms with Crippen LogP contribution in [0.5, 0.6) is 0 Å². The zero-order valence-corrected chi connectivity index (χ0v) is 13.6. The molecule has 2 rings (SSSR count). The molecule has 0 aromatic heterocycles. The van der Waals surface area contributed by atoms with E-state index in [1.165, 1.54) is 6.07 Å². The lowest BCUT2D eigenvalue weighted by atomic mass is 9.94. The van der Waals surface area contributed by atoms with Gasteiger partial charge in [-0.1, -0.05) is 42.3 Å². The number of nitrogens with one attached hydrogen (secondary N) is 1. The molecule has 112 valence electrons. The Kier molecular flexibility index (Phi) is 5.63. The Morgan fingerprint density at radius 2 is 1.86 bits per heavy atom. The molecule has 1 N–H and O–H groups in total. The highest BCUT2D eigenvalue weighted by molar-refractivity contribution is 6.42. The molecule has 0 heterocycles. The molecule has 0 amide bonds. The first-order valence-corrected chi connectivity index (χ1v) is 7.73. The fourth-order valence-corrected chi connectivity index (χ4v) is 2.62. The van der Waals surface area contributed by atoms with E-state index in [1.54, 1.807) is 18.2 Å². The van der Waals surface area contributed by atoms with Crippen molar-refractivity contribution in [2.75, 3.05) is 6.54 Å². The highest BCUT2D eigenvalue weighted by Gasteiger charge is 2.17. The monoisotopic (exact) mass is 325 g/mol.